The Kier molecular flexibility index (Phi) is 10.1. The second kappa shape index (κ2) is 14.4. The molecule has 0 radical (unpaired) electrons. The summed E-state index contributed by atoms with van der Waals surface area (Å²) in [5.74, 6) is -3.97. The van der Waals surface area contributed by atoms with E-state index in [1.54, 1.807) is 31.3 Å². The molecule has 2 aliphatic heterocycles. The molecule has 10 nitrogen and oxygen atoms in total. The number of allylic oxidation sites excluding steroid dienone is 2. The van der Waals surface area contributed by atoms with Gasteiger partial charge in [-0.15, -0.1) is 0 Å². The highest BCUT2D eigenvalue weighted by Crippen LogP contribution is 2.47. The summed E-state index contributed by atoms with van der Waals surface area (Å²) < 4.78 is 43.3. The fourth-order valence-electron chi connectivity index (χ4n) is 6.47. The normalized spacial score (nSPS) is 16.9. The Hall–Kier alpha value is -4.68. The van der Waals surface area contributed by atoms with Crippen molar-refractivity contribution in [3.63, 3.8) is 0 Å². The molecule has 0 spiro atoms. The Bertz CT molecular complexity index is 1950. The number of fused-ring (bicyclic) bond motifs is 2. The van der Waals surface area contributed by atoms with Gasteiger partial charge in [-0.25, -0.2) is 23.1 Å². The van der Waals surface area contributed by atoms with Gasteiger partial charge in [-0.3, -0.25) is 5.10 Å². The molecular weight excluding hydrogens is 677 g/mol. The maximum Gasteiger partial charge on any atom is 0.338 e. The number of hydrogen-bond donors (Lipinski definition) is 3. The van der Waals surface area contributed by atoms with E-state index in [1.165, 1.54) is 16.9 Å². The monoisotopic (exact) mass is 710 g/mol. The minimum atomic E-state index is -1.17. The van der Waals surface area contributed by atoms with Gasteiger partial charge < -0.3 is 20.1 Å². The molecule has 14 heteroatoms. The van der Waals surface area contributed by atoms with Gasteiger partial charge in [-0.1, -0.05) is 62.0 Å². The lowest BCUT2D eigenvalue weighted by molar-refractivity contribution is -0.143. The minimum Gasteiger partial charge on any atom is -0.463 e. The Morgan fingerprint density at radius 3 is 2.06 bits per heavy atom. The smallest absolute Gasteiger partial charge is 0.338 e. The van der Waals surface area contributed by atoms with Crippen molar-refractivity contribution < 1.29 is 27.8 Å². The average Bonchev–Trinajstić information content (AvgIpc) is 3.70. The molecule has 6 rings (SSSR count). The fourth-order valence-corrected chi connectivity index (χ4v) is 7.09. The number of nitrogens with zero attached hydrogens (tertiary/aromatic N) is 3. The first kappa shape index (κ1) is 34.2. The Morgan fingerprint density at radius 1 is 0.837 bits per heavy atom. The molecule has 0 saturated carbocycles. The van der Waals surface area contributed by atoms with Crippen molar-refractivity contribution in [1.82, 2.24) is 20.0 Å². The van der Waals surface area contributed by atoms with Gasteiger partial charge in [-0.2, -0.15) is 10.2 Å². The molecule has 2 aliphatic rings. The topological polar surface area (TPSA) is 123 Å². The van der Waals surface area contributed by atoms with Crippen molar-refractivity contribution in [2.75, 3.05) is 17.2 Å². The predicted molar refractivity (Wildman–Crippen MR) is 181 cm³/mol. The van der Waals surface area contributed by atoms with E-state index in [0.29, 0.717) is 75.2 Å². The molecule has 256 valence electrons. The zero-order chi connectivity index (χ0) is 34.8. The first-order chi connectivity index (χ1) is 23.7. The van der Waals surface area contributed by atoms with Crippen LogP contribution in [0.2, 0.25) is 10.0 Å². The van der Waals surface area contributed by atoms with E-state index in [1.807, 2.05) is 13.8 Å². The summed E-state index contributed by atoms with van der Waals surface area (Å²) in [7, 11) is 0. The van der Waals surface area contributed by atoms with Gasteiger partial charge in [0.25, 0.3) is 0 Å². The molecule has 2 unspecified atom stereocenters. The summed E-state index contributed by atoms with van der Waals surface area (Å²) in [6.45, 7) is 5.27. The van der Waals surface area contributed by atoms with Gasteiger partial charge in [-0.05, 0) is 44.0 Å². The summed E-state index contributed by atoms with van der Waals surface area (Å²) >= 11 is 13.3. The van der Waals surface area contributed by atoms with Crippen LogP contribution in [0.4, 0.5) is 20.4 Å². The summed E-state index contributed by atoms with van der Waals surface area (Å²) in [6, 6.07) is 8.67. The zero-order valence-electron chi connectivity index (χ0n) is 27.0. The van der Waals surface area contributed by atoms with Crippen LogP contribution in [0.3, 0.4) is 0 Å². The molecule has 0 bridgehead atoms. The van der Waals surface area contributed by atoms with Gasteiger partial charge in [0.15, 0.2) is 12.5 Å². The number of rotatable bonds is 11. The third-order valence-corrected chi connectivity index (χ3v) is 9.13. The van der Waals surface area contributed by atoms with Crippen molar-refractivity contribution >= 4 is 46.8 Å². The third-order valence-electron chi connectivity index (χ3n) is 8.47. The molecule has 2 atom stereocenters. The summed E-state index contributed by atoms with van der Waals surface area (Å²) in [5, 5.41) is 18.9. The van der Waals surface area contributed by atoms with Gasteiger partial charge in [0.2, 0.25) is 0 Å². The van der Waals surface area contributed by atoms with Crippen LogP contribution in [0, 0.1) is 11.6 Å². The summed E-state index contributed by atoms with van der Waals surface area (Å²) in [4.78, 5) is 27.4. The van der Waals surface area contributed by atoms with E-state index < -0.39 is 35.4 Å². The molecule has 2 aromatic carbocycles. The maximum atomic E-state index is 15.4. The molecular formula is C35H34Cl2F2N6O4. The molecule has 4 heterocycles. The number of ether oxygens (including phenoxy) is 2. The van der Waals surface area contributed by atoms with Crippen molar-refractivity contribution in [1.29, 1.82) is 0 Å². The molecule has 0 fully saturated rings. The first-order valence-electron chi connectivity index (χ1n) is 16.0. The third kappa shape index (κ3) is 6.42. The molecule has 0 aliphatic carbocycles. The summed E-state index contributed by atoms with van der Waals surface area (Å²) in [5.41, 5.74) is 2.67. The number of carbonyl (C=O) groups excluding carboxylic acids is 2. The van der Waals surface area contributed by atoms with Crippen molar-refractivity contribution in [2.45, 2.75) is 65.0 Å². The van der Waals surface area contributed by atoms with Crippen LogP contribution < -0.4 is 10.6 Å². The molecule has 4 aromatic rings. The van der Waals surface area contributed by atoms with Crippen molar-refractivity contribution in [3.05, 3.63) is 115 Å². The zero-order valence-corrected chi connectivity index (χ0v) is 28.5. The van der Waals surface area contributed by atoms with Gasteiger partial charge in [0, 0.05) is 49.9 Å². The lowest BCUT2D eigenvalue weighted by atomic mass is 9.81. The molecule has 0 amide bonds. The van der Waals surface area contributed by atoms with Gasteiger partial charge in [0.1, 0.15) is 17.5 Å². The number of nitrogens with one attached hydrogen (secondary N) is 3. The van der Waals surface area contributed by atoms with Crippen molar-refractivity contribution in [2.24, 2.45) is 0 Å². The average molecular weight is 712 g/mol. The number of hydrogen-bond acceptors (Lipinski definition) is 8. The Balaban J connectivity index is 1.38. The van der Waals surface area contributed by atoms with E-state index >= 15 is 8.78 Å². The lowest BCUT2D eigenvalue weighted by Crippen LogP contribution is -2.26. The quantitative estimate of drug-likeness (QED) is 0.133. The number of aromatic nitrogens is 4. The number of aromatic amines is 1. The van der Waals surface area contributed by atoms with E-state index in [-0.39, 0.29) is 30.3 Å². The van der Waals surface area contributed by atoms with E-state index in [0.717, 1.165) is 12.1 Å². The van der Waals surface area contributed by atoms with Gasteiger partial charge >= 0.3 is 11.9 Å². The van der Waals surface area contributed by atoms with Crippen LogP contribution in [-0.2, 0) is 25.8 Å². The number of H-pyrrole nitrogens is 1. The van der Waals surface area contributed by atoms with Crippen LogP contribution in [-0.4, -0.2) is 38.5 Å². The Morgan fingerprint density at radius 2 is 1.43 bits per heavy atom. The van der Waals surface area contributed by atoms with Gasteiger partial charge in [0.05, 0.1) is 35.8 Å². The van der Waals surface area contributed by atoms with E-state index in [9.17, 15) is 9.59 Å². The highest BCUT2D eigenvalue weighted by Gasteiger charge is 2.40. The number of carbonyl (C=O) groups is 2. The molecule has 2 aromatic heterocycles. The van der Waals surface area contributed by atoms with Crippen LogP contribution in [0.25, 0.3) is 0 Å². The number of esters is 2. The maximum absolute atomic E-state index is 15.4. The second-order valence-electron chi connectivity index (χ2n) is 11.6. The van der Waals surface area contributed by atoms with E-state index in [2.05, 4.69) is 25.9 Å². The largest absolute Gasteiger partial charge is 0.463 e. The van der Waals surface area contributed by atoms with Crippen molar-refractivity contribution in [3.8, 4) is 0 Å². The Labute approximate surface area is 291 Å². The van der Waals surface area contributed by atoms with E-state index in [4.69, 9.17) is 32.7 Å². The SMILES string of the molecule is CCCC1=C(C(=O)OCC)C(c2c(F)cccc2F)c2cn(COC(=O)C3=C(CCC)Nc4[nH]ncc4C3c3c(Cl)cccc3Cl)nc2N1. The van der Waals surface area contributed by atoms with Crippen LogP contribution in [0.15, 0.2) is 71.3 Å². The highest BCUT2D eigenvalue weighted by molar-refractivity contribution is 6.36. The molecule has 49 heavy (non-hydrogen) atoms. The van der Waals surface area contributed by atoms with Crippen LogP contribution in [0.5, 0.6) is 0 Å². The first-order valence-corrected chi connectivity index (χ1v) is 16.8. The number of anilines is 2. The van der Waals surface area contributed by atoms with Crippen LogP contribution >= 0.6 is 23.2 Å². The number of halogens is 4. The standard InChI is InChI=1S/C35H34Cl2F2N6O4/c1-4-9-24-30(26(18-15-40-43-32(18)41-24)28-20(36)11-7-12-21(28)37)35(47)49-17-45-16-19-27(29-22(38)13-8-14-23(29)39)31(34(46)48-6-3)25(10-5-2)42-33(19)44-45/h7-8,11-16,26-27H,4-6,9-10,17H2,1-3H3,(H,42,44)(H2,40,41,43). The summed E-state index contributed by atoms with van der Waals surface area (Å²) in [6.07, 6.45) is 5.37. The molecule has 3 N–H and O–H groups in total. The van der Waals surface area contributed by atoms with Crippen LogP contribution in [0.1, 0.15) is 80.5 Å². The minimum absolute atomic E-state index is 0.0712. The highest BCUT2D eigenvalue weighted by atomic mass is 35.5. The fraction of sp³-hybridized carbons (Fsp3) is 0.314. The second-order valence-corrected chi connectivity index (χ2v) is 12.4. The molecule has 0 saturated heterocycles. The predicted octanol–water partition coefficient (Wildman–Crippen LogP) is 8.18. The number of benzene rings is 2. The lowest BCUT2D eigenvalue weighted by Gasteiger charge is -2.29.